The summed E-state index contributed by atoms with van der Waals surface area (Å²) in [7, 11) is 1.42. The van der Waals surface area contributed by atoms with Crippen molar-refractivity contribution in [2.45, 2.75) is 31.0 Å². The Morgan fingerprint density at radius 1 is 1.52 bits per heavy atom. The zero-order valence-electron chi connectivity index (χ0n) is 11.7. The van der Waals surface area contributed by atoms with E-state index in [1.54, 1.807) is 24.3 Å². The van der Waals surface area contributed by atoms with E-state index in [0.29, 0.717) is 17.2 Å². The maximum atomic E-state index is 12.9. The molecule has 0 radical (unpaired) electrons. The summed E-state index contributed by atoms with van der Waals surface area (Å²) < 4.78 is 18.1. The van der Waals surface area contributed by atoms with Gasteiger partial charge in [0.2, 0.25) is 0 Å². The van der Waals surface area contributed by atoms with Gasteiger partial charge < -0.3 is 10.1 Å². The number of carbonyl (C=O) groups excluding carboxylic acids is 1. The van der Waals surface area contributed by atoms with E-state index in [1.165, 1.54) is 7.11 Å². The van der Waals surface area contributed by atoms with Crippen molar-refractivity contribution in [2.75, 3.05) is 13.8 Å². The van der Waals surface area contributed by atoms with Gasteiger partial charge in [0.15, 0.2) is 0 Å². The Morgan fingerprint density at radius 3 is 2.67 bits per heavy atom. The van der Waals surface area contributed by atoms with E-state index in [2.05, 4.69) is 15.3 Å². The van der Waals surface area contributed by atoms with Gasteiger partial charge in [0.25, 0.3) is 5.91 Å². The van der Waals surface area contributed by atoms with Crippen LogP contribution in [0.4, 0.5) is 4.39 Å². The second kappa shape index (κ2) is 7.06. The van der Waals surface area contributed by atoms with Crippen LogP contribution in [0.3, 0.4) is 0 Å². The standard InChI is InChI=1S/C14H17FN4O2/c1-21-13(12(8-15)18-19-16)9-2-4-10(5-3-9)14(20)17-11-6-7-11/h2-5,11-13H,6-8H2,1H3,(H,17,20)/t12-,13-/m1/s1. The summed E-state index contributed by atoms with van der Waals surface area (Å²) >= 11 is 0. The quantitative estimate of drug-likeness (QED) is 0.476. The number of hydrogen-bond donors (Lipinski definition) is 1. The van der Waals surface area contributed by atoms with Crippen molar-refractivity contribution in [1.82, 2.24) is 5.32 Å². The molecule has 1 fully saturated rings. The van der Waals surface area contributed by atoms with Gasteiger partial charge in [-0.1, -0.05) is 17.2 Å². The molecular weight excluding hydrogens is 275 g/mol. The first-order chi connectivity index (χ1) is 10.2. The first kappa shape index (κ1) is 15.3. The highest BCUT2D eigenvalue weighted by Gasteiger charge is 2.25. The third-order valence-electron chi connectivity index (χ3n) is 3.38. The van der Waals surface area contributed by atoms with Gasteiger partial charge in [0.1, 0.15) is 6.67 Å². The highest BCUT2D eigenvalue weighted by atomic mass is 19.1. The minimum absolute atomic E-state index is 0.116. The second-order valence-corrected chi connectivity index (χ2v) is 4.95. The van der Waals surface area contributed by atoms with Gasteiger partial charge in [-0.25, -0.2) is 0 Å². The molecular formula is C14H17FN4O2. The van der Waals surface area contributed by atoms with Crippen LogP contribution in [-0.2, 0) is 4.74 Å². The fourth-order valence-electron chi connectivity index (χ4n) is 2.07. The lowest BCUT2D eigenvalue weighted by molar-refractivity contribution is 0.0721. The molecule has 1 aliphatic carbocycles. The summed E-state index contributed by atoms with van der Waals surface area (Å²) in [6, 6.07) is 6.06. The smallest absolute Gasteiger partial charge is 0.251 e. The Morgan fingerprint density at radius 2 is 2.19 bits per heavy atom. The maximum Gasteiger partial charge on any atom is 0.251 e. The van der Waals surface area contributed by atoms with Crippen molar-refractivity contribution in [3.63, 3.8) is 0 Å². The average molecular weight is 292 g/mol. The van der Waals surface area contributed by atoms with Gasteiger partial charge in [-0.3, -0.25) is 9.18 Å². The fraction of sp³-hybridized carbons (Fsp3) is 0.500. The Hall–Kier alpha value is -2.11. The molecule has 2 rings (SSSR count). The van der Waals surface area contributed by atoms with E-state index in [0.717, 1.165) is 12.8 Å². The van der Waals surface area contributed by atoms with Gasteiger partial charge in [-0.15, -0.1) is 0 Å². The third-order valence-corrected chi connectivity index (χ3v) is 3.38. The number of nitrogens with one attached hydrogen (secondary N) is 1. The monoisotopic (exact) mass is 292 g/mol. The molecule has 0 aromatic heterocycles. The van der Waals surface area contributed by atoms with Crippen LogP contribution in [0, 0.1) is 0 Å². The van der Waals surface area contributed by atoms with Gasteiger partial charge in [-0.2, -0.15) is 0 Å². The minimum Gasteiger partial charge on any atom is -0.376 e. The van der Waals surface area contributed by atoms with Gasteiger partial charge in [-0.05, 0) is 36.1 Å². The van der Waals surface area contributed by atoms with Crippen LogP contribution >= 0.6 is 0 Å². The molecule has 1 aliphatic rings. The molecule has 0 unspecified atom stereocenters. The molecule has 1 aromatic carbocycles. The molecule has 1 N–H and O–H groups in total. The molecule has 0 heterocycles. The highest BCUT2D eigenvalue weighted by molar-refractivity contribution is 5.94. The molecule has 112 valence electrons. The van der Waals surface area contributed by atoms with Crippen LogP contribution in [0.15, 0.2) is 29.4 Å². The van der Waals surface area contributed by atoms with Crippen molar-refractivity contribution in [2.24, 2.45) is 5.11 Å². The van der Waals surface area contributed by atoms with Crippen molar-refractivity contribution in [3.05, 3.63) is 45.8 Å². The van der Waals surface area contributed by atoms with E-state index >= 15 is 0 Å². The largest absolute Gasteiger partial charge is 0.376 e. The summed E-state index contributed by atoms with van der Waals surface area (Å²) in [5, 5.41) is 6.29. The van der Waals surface area contributed by atoms with Crippen molar-refractivity contribution in [3.8, 4) is 0 Å². The van der Waals surface area contributed by atoms with Crippen molar-refractivity contribution in [1.29, 1.82) is 0 Å². The first-order valence-corrected chi connectivity index (χ1v) is 6.73. The van der Waals surface area contributed by atoms with E-state index in [-0.39, 0.29) is 5.91 Å². The number of carbonyl (C=O) groups is 1. The summed E-state index contributed by atoms with van der Waals surface area (Å²) in [6.45, 7) is -0.813. The normalized spacial score (nSPS) is 16.7. The summed E-state index contributed by atoms with van der Waals surface area (Å²) in [5.41, 5.74) is 9.65. The lowest BCUT2D eigenvalue weighted by Crippen LogP contribution is -2.25. The Balaban J connectivity index is 2.11. The van der Waals surface area contributed by atoms with Crippen LogP contribution in [0.25, 0.3) is 10.4 Å². The number of halogens is 1. The van der Waals surface area contributed by atoms with Crippen LogP contribution in [0.1, 0.15) is 34.9 Å². The first-order valence-electron chi connectivity index (χ1n) is 6.73. The molecule has 1 saturated carbocycles. The van der Waals surface area contributed by atoms with E-state index in [1.807, 2.05) is 0 Å². The number of rotatable bonds is 7. The summed E-state index contributed by atoms with van der Waals surface area (Å²) in [6.07, 6.45) is 1.38. The maximum absolute atomic E-state index is 12.9. The predicted octanol–water partition coefficient (Wildman–Crippen LogP) is 2.91. The molecule has 6 nitrogen and oxygen atoms in total. The third kappa shape index (κ3) is 3.93. The predicted molar refractivity (Wildman–Crippen MR) is 75.6 cm³/mol. The number of amides is 1. The highest BCUT2D eigenvalue weighted by Crippen LogP contribution is 2.24. The van der Waals surface area contributed by atoms with E-state index < -0.39 is 18.8 Å². The van der Waals surface area contributed by atoms with Gasteiger partial charge in [0.05, 0.1) is 12.1 Å². The van der Waals surface area contributed by atoms with E-state index in [9.17, 15) is 9.18 Å². The second-order valence-electron chi connectivity index (χ2n) is 4.95. The number of ether oxygens (including phenoxy) is 1. The van der Waals surface area contributed by atoms with E-state index in [4.69, 9.17) is 10.3 Å². The SMILES string of the molecule is CO[C@H](c1ccc(C(=O)NC2CC2)cc1)[C@@H](CF)N=[N+]=[N-]. The lowest BCUT2D eigenvalue weighted by Gasteiger charge is -2.20. The summed E-state index contributed by atoms with van der Waals surface area (Å²) in [5.74, 6) is -0.116. The topological polar surface area (TPSA) is 87.1 Å². The fourth-order valence-corrected chi connectivity index (χ4v) is 2.07. The van der Waals surface area contributed by atoms with Crippen LogP contribution in [0.2, 0.25) is 0 Å². The summed E-state index contributed by atoms with van der Waals surface area (Å²) in [4.78, 5) is 14.5. The van der Waals surface area contributed by atoms with Crippen molar-refractivity contribution < 1.29 is 13.9 Å². The number of methoxy groups -OCH3 is 1. The average Bonchev–Trinajstić information content (AvgIpc) is 3.31. The number of hydrogen-bond acceptors (Lipinski definition) is 3. The Labute approximate surface area is 121 Å². The minimum atomic E-state index is -0.925. The zero-order valence-corrected chi connectivity index (χ0v) is 11.7. The van der Waals surface area contributed by atoms with Crippen LogP contribution in [-0.4, -0.2) is 31.8 Å². The molecule has 1 aromatic rings. The molecule has 0 bridgehead atoms. The molecule has 7 heteroatoms. The molecule has 2 atom stereocenters. The molecule has 21 heavy (non-hydrogen) atoms. The molecule has 0 spiro atoms. The molecule has 0 saturated heterocycles. The lowest BCUT2D eigenvalue weighted by atomic mass is 10.0. The number of azide groups is 1. The number of nitrogens with zero attached hydrogens (tertiary/aromatic N) is 3. The van der Waals surface area contributed by atoms with Crippen LogP contribution in [0.5, 0.6) is 0 Å². The number of alkyl halides is 1. The Bertz CT molecular complexity index is 538. The molecule has 0 aliphatic heterocycles. The number of benzene rings is 1. The van der Waals surface area contributed by atoms with Crippen molar-refractivity contribution >= 4 is 5.91 Å². The van der Waals surface area contributed by atoms with Gasteiger partial charge in [0, 0.05) is 23.6 Å². The Kier molecular flexibility index (Phi) is 5.14. The zero-order chi connectivity index (χ0) is 15.2. The van der Waals surface area contributed by atoms with Crippen LogP contribution < -0.4 is 5.32 Å². The molecule has 1 amide bonds. The van der Waals surface area contributed by atoms with Gasteiger partial charge >= 0.3 is 0 Å².